The number of nitrogens with one attached hydrogen (secondary N) is 1. The average molecular weight is 353 g/mol. The molecule has 5 N–H and O–H groups in total. The summed E-state index contributed by atoms with van der Waals surface area (Å²) < 4.78 is 5.76. The minimum atomic E-state index is -0.955. The highest BCUT2D eigenvalue weighted by Gasteiger charge is 2.16. The molecule has 6 nitrogen and oxygen atoms in total. The van der Waals surface area contributed by atoms with Crippen molar-refractivity contribution in [3.05, 3.63) is 22.7 Å². The Kier molecular flexibility index (Phi) is 7.43. The first-order valence-corrected chi connectivity index (χ1v) is 5.91. The number of rotatable bonds is 5. The standard InChI is InChI=1S/C11H14BrN3O3.ClH/c1-18-9-3-2-6(4-7(9)12)15-11(17)8(13)5-10(14)16;/h2-4,8H,5,13H2,1H3,(H2,14,16)(H,15,17);1H. The summed E-state index contributed by atoms with van der Waals surface area (Å²) in [6.45, 7) is 0. The highest BCUT2D eigenvalue weighted by atomic mass is 79.9. The highest BCUT2D eigenvalue weighted by Crippen LogP contribution is 2.27. The van der Waals surface area contributed by atoms with Gasteiger partial charge in [-0.05, 0) is 34.1 Å². The zero-order valence-corrected chi connectivity index (χ0v) is 12.6. The van der Waals surface area contributed by atoms with Crippen LogP contribution in [0.25, 0.3) is 0 Å². The molecule has 1 aromatic carbocycles. The van der Waals surface area contributed by atoms with Crippen molar-refractivity contribution in [3.8, 4) is 5.75 Å². The molecule has 2 amide bonds. The first kappa shape index (κ1) is 17.7. The molecule has 0 saturated heterocycles. The topological polar surface area (TPSA) is 107 Å². The van der Waals surface area contributed by atoms with Crippen molar-refractivity contribution in [2.24, 2.45) is 11.5 Å². The summed E-state index contributed by atoms with van der Waals surface area (Å²) in [6, 6.07) is 4.08. The molecule has 0 radical (unpaired) electrons. The fourth-order valence-corrected chi connectivity index (χ4v) is 1.83. The van der Waals surface area contributed by atoms with E-state index in [2.05, 4.69) is 21.2 Å². The number of hydrogen-bond donors (Lipinski definition) is 3. The van der Waals surface area contributed by atoms with Gasteiger partial charge < -0.3 is 21.5 Å². The van der Waals surface area contributed by atoms with Crippen LogP contribution in [0.15, 0.2) is 22.7 Å². The van der Waals surface area contributed by atoms with Crippen molar-refractivity contribution in [1.82, 2.24) is 0 Å². The van der Waals surface area contributed by atoms with Crippen molar-refractivity contribution in [1.29, 1.82) is 0 Å². The maximum atomic E-state index is 11.6. The molecule has 1 unspecified atom stereocenters. The minimum Gasteiger partial charge on any atom is -0.496 e. The van der Waals surface area contributed by atoms with Crippen molar-refractivity contribution in [2.45, 2.75) is 12.5 Å². The smallest absolute Gasteiger partial charge is 0.241 e. The minimum absolute atomic E-state index is 0. The number of methoxy groups -OCH3 is 1. The summed E-state index contributed by atoms with van der Waals surface area (Å²) in [5, 5.41) is 2.58. The van der Waals surface area contributed by atoms with Crippen LogP contribution in [0, 0.1) is 0 Å². The second-order valence-corrected chi connectivity index (χ2v) is 4.47. The van der Waals surface area contributed by atoms with Crippen LogP contribution in [-0.2, 0) is 9.59 Å². The first-order chi connectivity index (χ1) is 8.43. The number of ether oxygens (including phenoxy) is 1. The van der Waals surface area contributed by atoms with Gasteiger partial charge in [0, 0.05) is 5.69 Å². The number of amides is 2. The van der Waals surface area contributed by atoms with E-state index in [0.29, 0.717) is 15.9 Å². The van der Waals surface area contributed by atoms with Crippen molar-refractivity contribution >= 4 is 45.8 Å². The summed E-state index contributed by atoms with van der Waals surface area (Å²) in [7, 11) is 1.54. The molecular weight excluding hydrogens is 337 g/mol. The number of anilines is 1. The van der Waals surface area contributed by atoms with Crippen LogP contribution in [0.5, 0.6) is 5.75 Å². The van der Waals surface area contributed by atoms with Gasteiger partial charge in [0.05, 0.1) is 24.0 Å². The van der Waals surface area contributed by atoms with Crippen LogP contribution in [0.1, 0.15) is 6.42 Å². The molecule has 0 heterocycles. The molecule has 0 aliphatic rings. The maximum absolute atomic E-state index is 11.6. The molecule has 1 aromatic rings. The van der Waals surface area contributed by atoms with Crippen LogP contribution < -0.4 is 21.5 Å². The van der Waals surface area contributed by atoms with Gasteiger partial charge in [0.15, 0.2) is 0 Å². The number of primary amides is 1. The van der Waals surface area contributed by atoms with Crippen LogP contribution in [-0.4, -0.2) is 25.0 Å². The first-order valence-electron chi connectivity index (χ1n) is 5.12. The molecule has 0 aliphatic heterocycles. The van der Waals surface area contributed by atoms with E-state index in [4.69, 9.17) is 16.2 Å². The number of halogens is 2. The predicted octanol–water partition coefficient (Wildman–Crippen LogP) is 1.02. The Balaban J connectivity index is 0.00000324. The molecule has 8 heteroatoms. The van der Waals surface area contributed by atoms with E-state index >= 15 is 0 Å². The van der Waals surface area contributed by atoms with Gasteiger partial charge in [-0.1, -0.05) is 0 Å². The van der Waals surface area contributed by atoms with Crippen LogP contribution >= 0.6 is 28.3 Å². The molecule has 0 saturated carbocycles. The third kappa shape index (κ3) is 5.46. The average Bonchev–Trinajstić information content (AvgIpc) is 2.28. The molecule has 1 rings (SSSR count). The Hall–Kier alpha value is -1.31. The van der Waals surface area contributed by atoms with Crippen LogP contribution in [0.4, 0.5) is 5.69 Å². The van der Waals surface area contributed by atoms with Crippen molar-refractivity contribution in [3.63, 3.8) is 0 Å². The molecule has 0 aromatic heterocycles. The lowest BCUT2D eigenvalue weighted by Gasteiger charge is -2.11. The van der Waals surface area contributed by atoms with Gasteiger partial charge in [0.25, 0.3) is 0 Å². The molecule has 0 spiro atoms. The zero-order valence-electron chi connectivity index (χ0n) is 10.2. The lowest BCUT2D eigenvalue weighted by molar-refractivity contribution is -0.123. The third-order valence-corrected chi connectivity index (χ3v) is 2.80. The van der Waals surface area contributed by atoms with E-state index in [9.17, 15) is 9.59 Å². The number of nitrogens with two attached hydrogens (primary N) is 2. The molecule has 0 aliphatic carbocycles. The summed E-state index contributed by atoms with van der Waals surface area (Å²) in [5.74, 6) is -0.436. The SMILES string of the molecule is COc1ccc(NC(=O)C(N)CC(N)=O)cc1Br.Cl. The van der Waals surface area contributed by atoms with E-state index in [0.717, 1.165) is 0 Å². The summed E-state index contributed by atoms with van der Waals surface area (Å²) >= 11 is 3.29. The van der Waals surface area contributed by atoms with E-state index < -0.39 is 17.9 Å². The van der Waals surface area contributed by atoms with Crippen LogP contribution in [0.2, 0.25) is 0 Å². The number of hydrogen-bond acceptors (Lipinski definition) is 4. The Bertz CT molecular complexity index is 470. The van der Waals surface area contributed by atoms with Gasteiger partial charge in [-0.3, -0.25) is 9.59 Å². The fourth-order valence-electron chi connectivity index (χ4n) is 1.29. The van der Waals surface area contributed by atoms with Gasteiger partial charge in [0.1, 0.15) is 5.75 Å². The Morgan fingerprint density at radius 3 is 2.58 bits per heavy atom. The van der Waals surface area contributed by atoms with Crippen LogP contribution in [0.3, 0.4) is 0 Å². The van der Waals surface area contributed by atoms with E-state index in [1.165, 1.54) is 0 Å². The van der Waals surface area contributed by atoms with Gasteiger partial charge in [-0.25, -0.2) is 0 Å². The lowest BCUT2D eigenvalue weighted by atomic mass is 10.2. The highest BCUT2D eigenvalue weighted by molar-refractivity contribution is 9.10. The summed E-state index contributed by atoms with van der Waals surface area (Å²) in [4.78, 5) is 22.3. The van der Waals surface area contributed by atoms with Gasteiger partial charge in [-0.15, -0.1) is 12.4 Å². The van der Waals surface area contributed by atoms with Gasteiger partial charge >= 0.3 is 0 Å². The molecule has 0 bridgehead atoms. The molecule has 19 heavy (non-hydrogen) atoms. The van der Waals surface area contributed by atoms with E-state index in [1.807, 2.05) is 0 Å². The second kappa shape index (κ2) is 7.98. The quantitative estimate of drug-likeness (QED) is 0.735. The fraction of sp³-hybridized carbons (Fsp3) is 0.273. The number of carbonyl (C=O) groups is 2. The van der Waals surface area contributed by atoms with E-state index in [1.54, 1.807) is 25.3 Å². The van der Waals surface area contributed by atoms with E-state index in [-0.39, 0.29) is 18.8 Å². The second-order valence-electron chi connectivity index (χ2n) is 3.62. The normalized spacial score (nSPS) is 11.1. The monoisotopic (exact) mass is 351 g/mol. The summed E-state index contributed by atoms with van der Waals surface area (Å²) in [5.41, 5.74) is 11.0. The Labute approximate surface area is 125 Å². The zero-order chi connectivity index (χ0) is 13.7. The molecule has 106 valence electrons. The predicted molar refractivity (Wildman–Crippen MR) is 78.4 cm³/mol. The number of carbonyl (C=O) groups excluding carboxylic acids is 2. The molecule has 0 fully saturated rings. The maximum Gasteiger partial charge on any atom is 0.241 e. The van der Waals surface area contributed by atoms with Gasteiger partial charge in [-0.2, -0.15) is 0 Å². The van der Waals surface area contributed by atoms with Crippen molar-refractivity contribution < 1.29 is 14.3 Å². The number of benzene rings is 1. The molecular formula is C11H15BrClN3O3. The Morgan fingerprint density at radius 2 is 2.11 bits per heavy atom. The largest absolute Gasteiger partial charge is 0.496 e. The lowest BCUT2D eigenvalue weighted by Crippen LogP contribution is -2.38. The Morgan fingerprint density at radius 1 is 1.47 bits per heavy atom. The molecule has 1 atom stereocenters. The van der Waals surface area contributed by atoms with Gasteiger partial charge in [0.2, 0.25) is 11.8 Å². The third-order valence-electron chi connectivity index (χ3n) is 2.18. The van der Waals surface area contributed by atoms with Crippen molar-refractivity contribution in [2.75, 3.05) is 12.4 Å². The summed E-state index contributed by atoms with van der Waals surface area (Å²) in [6.07, 6.45) is -0.191.